The van der Waals surface area contributed by atoms with Gasteiger partial charge in [0.1, 0.15) is 30.5 Å². The molecule has 0 aliphatic carbocycles. The number of rotatable bonds is 10. The van der Waals surface area contributed by atoms with Crippen LogP contribution < -0.4 is 0 Å². The maximum absolute atomic E-state index is 9.94. The highest BCUT2D eigenvalue weighted by molar-refractivity contribution is 4.85. The smallest absolute Gasteiger partial charge is 0.191 e. The van der Waals surface area contributed by atoms with Gasteiger partial charge in [-0.25, -0.2) is 0 Å². The normalized spacial score (nSPS) is 32.2. The number of aliphatic hydroxyl groups excluding tert-OH is 3. The van der Waals surface area contributed by atoms with Gasteiger partial charge >= 0.3 is 0 Å². The maximum atomic E-state index is 9.94. The van der Waals surface area contributed by atoms with E-state index in [9.17, 15) is 20.4 Å². The maximum Gasteiger partial charge on any atom is 0.191 e. The van der Waals surface area contributed by atoms with Crippen molar-refractivity contribution in [1.82, 2.24) is 0 Å². The summed E-state index contributed by atoms with van der Waals surface area (Å²) >= 11 is 0. The van der Waals surface area contributed by atoms with Crippen LogP contribution in [0.3, 0.4) is 0 Å². The van der Waals surface area contributed by atoms with Gasteiger partial charge < -0.3 is 39.4 Å². The molecular formula is C12H22O8. The number of aliphatic hydroxyl groups is 4. The minimum atomic E-state index is -1.98. The first-order valence-corrected chi connectivity index (χ1v) is 6.61. The van der Waals surface area contributed by atoms with Crippen molar-refractivity contribution in [3.05, 3.63) is 0 Å². The summed E-state index contributed by atoms with van der Waals surface area (Å²) < 4.78 is 20.0. The SMILES string of the molecule is CC(O)(OCC1CO1)C(O)C(O)C(O)COCC1CO1. The van der Waals surface area contributed by atoms with Crippen LogP contribution in [-0.2, 0) is 18.9 Å². The van der Waals surface area contributed by atoms with E-state index < -0.39 is 24.1 Å². The first kappa shape index (κ1) is 16.1. The highest BCUT2D eigenvalue weighted by atomic mass is 16.7. The Labute approximate surface area is 116 Å². The van der Waals surface area contributed by atoms with E-state index in [2.05, 4.69) is 0 Å². The van der Waals surface area contributed by atoms with Crippen molar-refractivity contribution in [3.8, 4) is 0 Å². The lowest BCUT2D eigenvalue weighted by Crippen LogP contribution is -2.54. The van der Waals surface area contributed by atoms with Crippen LogP contribution >= 0.6 is 0 Å². The molecule has 2 aliphatic heterocycles. The predicted octanol–water partition coefficient (Wildman–Crippen LogP) is -2.39. The monoisotopic (exact) mass is 294 g/mol. The van der Waals surface area contributed by atoms with Crippen molar-refractivity contribution in [1.29, 1.82) is 0 Å². The fraction of sp³-hybridized carbons (Fsp3) is 1.00. The summed E-state index contributed by atoms with van der Waals surface area (Å²) in [6, 6.07) is 0. The molecule has 2 heterocycles. The molecule has 0 aromatic carbocycles. The Kier molecular flexibility index (Phi) is 5.32. The highest BCUT2D eigenvalue weighted by Gasteiger charge is 2.41. The first-order chi connectivity index (χ1) is 9.40. The van der Waals surface area contributed by atoms with Gasteiger partial charge in [0, 0.05) is 0 Å². The third-order valence-corrected chi connectivity index (χ3v) is 3.23. The average Bonchev–Trinajstić information content (AvgIpc) is 3.27. The fourth-order valence-corrected chi connectivity index (χ4v) is 1.62. The van der Waals surface area contributed by atoms with Gasteiger partial charge in [0.2, 0.25) is 0 Å². The first-order valence-electron chi connectivity index (χ1n) is 6.61. The summed E-state index contributed by atoms with van der Waals surface area (Å²) in [6.45, 7) is 2.67. The standard InChI is InChI=1S/C12H22O8/c1-12(16,20-5-8-4-19-8)11(15)10(14)9(13)6-17-2-7-3-18-7/h7-11,13-16H,2-6H2,1H3. The van der Waals surface area contributed by atoms with Crippen molar-refractivity contribution >= 4 is 0 Å². The van der Waals surface area contributed by atoms with Crippen LogP contribution in [0.25, 0.3) is 0 Å². The van der Waals surface area contributed by atoms with E-state index in [0.29, 0.717) is 19.8 Å². The van der Waals surface area contributed by atoms with Crippen LogP contribution in [0.5, 0.6) is 0 Å². The lowest BCUT2D eigenvalue weighted by molar-refractivity contribution is -0.274. The Morgan fingerprint density at radius 2 is 1.70 bits per heavy atom. The fourth-order valence-electron chi connectivity index (χ4n) is 1.62. The molecule has 4 N–H and O–H groups in total. The zero-order valence-electron chi connectivity index (χ0n) is 11.3. The van der Waals surface area contributed by atoms with Crippen LogP contribution in [0.1, 0.15) is 6.92 Å². The molecule has 8 nitrogen and oxygen atoms in total. The van der Waals surface area contributed by atoms with Crippen LogP contribution in [0.15, 0.2) is 0 Å². The molecule has 2 rings (SSSR count). The van der Waals surface area contributed by atoms with Crippen molar-refractivity contribution in [2.75, 3.05) is 33.0 Å². The van der Waals surface area contributed by atoms with Crippen LogP contribution in [0.2, 0.25) is 0 Å². The quantitative estimate of drug-likeness (QED) is 0.260. The molecule has 6 atom stereocenters. The Bertz CT molecular complexity index is 302. The van der Waals surface area contributed by atoms with E-state index in [0.717, 1.165) is 0 Å². The topological polar surface area (TPSA) is 124 Å². The zero-order valence-corrected chi connectivity index (χ0v) is 11.3. The van der Waals surface area contributed by atoms with Crippen LogP contribution in [0.4, 0.5) is 0 Å². The zero-order chi connectivity index (χ0) is 14.8. The number of hydrogen-bond donors (Lipinski definition) is 4. The second-order valence-corrected chi connectivity index (χ2v) is 5.32. The average molecular weight is 294 g/mol. The Morgan fingerprint density at radius 1 is 1.15 bits per heavy atom. The van der Waals surface area contributed by atoms with Gasteiger partial charge in [0.05, 0.1) is 33.0 Å². The van der Waals surface area contributed by atoms with Gasteiger partial charge in [-0.15, -0.1) is 0 Å². The van der Waals surface area contributed by atoms with Gasteiger partial charge in [-0.1, -0.05) is 0 Å². The van der Waals surface area contributed by atoms with Gasteiger partial charge in [-0.2, -0.15) is 0 Å². The molecular weight excluding hydrogens is 272 g/mol. The Hall–Kier alpha value is -0.320. The van der Waals surface area contributed by atoms with E-state index in [4.69, 9.17) is 18.9 Å². The number of ether oxygens (including phenoxy) is 4. The molecule has 2 saturated heterocycles. The van der Waals surface area contributed by atoms with E-state index in [1.807, 2.05) is 0 Å². The third-order valence-electron chi connectivity index (χ3n) is 3.23. The summed E-state index contributed by atoms with van der Waals surface area (Å²) in [5.74, 6) is -1.98. The molecule has 20 heavy (non-hydrogen) atoms. The molecule has 0 spiro atoms. The van der Waals surface area contributed by atoms with Crippen LogP contribution in [-0.4, -0.2) is 89.8 Å². The summed E-state index contributed by atoms with van der Waals surface area (Å²) in [4.78, 5) is 0. The lowest BCUT2D eigenvalue weighted by Gasteiger charge is -2.33. The van der Waals surface area contributed by atoms with Gasteiger partial charge in [-0.3, -0.25) is 0 Å². The molecule has 6 unspecified atom stereocenters. The van der Waals surface area contributed by atoms with Crippen molar-refractivity contribution in [2.24, 2.45) is 0 Å². The number of hydrogen-bond acceptors (Lipinski definition) is 8. The Balaban J connectivity index is 1.70. The minimum absolute atomic E-state index is 0.0502. The van der Waals surface area contributed by atoms with E-state index in [1.54, 1.807) is 0 Å². The molecule has 0 amide bonds. The molecule has 0 radical (unpaired) electrons. The highest BCUT2D eigenvalue weighted by Crippen LogP contribution is 2.20. The molecule has 0 aromatic heterocycles. The largest absolute Gasteiger partial charge is 0.388 e. The summed E-state index contributed by atoms with van der Waals surface area (Å²) in [7, 11) is 0. The van der Waals surface area contributed by atoms with Gasteiger partial charge in [0.25, 0.3) is 0 Å². The number of epoxide rings is 2. The van der Waals surface area contributed by atoms with Crippen LogP contribution in [0, 0.1) is 0 Å². The van der Waals surface area contributed by atoms with E-state index in [-0.39, 0.29) is 25.4 Å². The predicted molar refractivity (Wildman–Crippen MR) is 64.9 cm³/mol. The Morgan fingerprint density at radius 3 is 2.25 bits per heavy atom. The van der Waals surface area contributed by atoms with Crippen molar-refractivity contribution < 1.29 is 39.4 Å². The van der Waals surface area contributed by atoms with E-state index in [1.165, 1.54) is 6.92 Å². The van der Waals surface area contributed by atoms with Gasteiger partial charge in [0.15, 0.2) is 5.79 Å². The molecule has 0 saturated carbocycles. The lowest BCUT2D eigenvalue weighted by atomic mass is 10.0. The van der Waals surface area contributed by atoms with Gasteiger partial charge in [-0.05, 0) is 6.92 Å². The second-order valence-electron chi connectivity index (χ2n) is 5.32. The summed E-state index contributed by atoms with van der Waals surface area (Å²) in [5.41, 5.74) is 0. The summed E-state index contributed by atoms with van der Waals surface area (Å²) in [6.07, 6.45) is -4.63. The molecule has 0 aromatic rings. The molecule has 8 heteroatoms. The van der Waals surface area contributed by atoms with Crippen molar-refractivity contribution in [3.63, 3.8) is 0 Å². The second kappa shape index (κ2) is 6.63. The summed E-state index contributed by atoms with van der Waals surface area (Å²) in [5, 5.41) is 39.3. The molecule has 118 valence electrons. The van der Waals surface area contributed by atoms with E-state index >= 15 is 0 Å². The molecule has 0 bridgehead atoms. The third kappa shape index (κ3) is 4.90. The molecule has 2 aliphatic rings. The molecule has 2 fully saturated rings. The van der Waals surface area contributed by atoms with Crippen molar-refractivity contribution in [2.45, 2.75) is 43.2 Å². The minimum Gasteiger partial charge on any atom is -0.388 e.